The number of fused-ring (bicyclic) bond motifs is 1. The van der Waals surface area contributed by atoms with Gasteiger partial charge < -0.3 is 19.5 Å². The monoisotopic (exact) mass is 424 g/mol. The zero-order valence-corrected chi connectivity index (χ0v) is 18.9. The summed E-state index contributed by atoms with van der Waals surface area (Å²) in [6.07, 6.45) is 2.59. The van der Waals surface area contributed by atoms with E-state index in [1.165, 1.54) is 16.5 Å². The van der Waals surface area contributed by atoms with Gasteiger partial charge in [0.05, 0.1) is 13.2 Å². The second kappa shape index (κ2) is 10.6. The van der Waals surface area contributed by atoms with E-state index in [1.807, 2.05) is 0 Å². The lowest BCUT2D eigenvalue weighted by Crippen LogP contribution is -2.49. The summed E-state index contributed by atoms with van der Waals surface area (Å²) in [5.41, 5.74) is 2.53. The van der Waals surface area contributed by atoms with Gasteiger partial charge in [-0.3, -0.25) is 4.90 Å². The van der Waals surface area contributed by atoms with E-state index in [1.54, 1.807) is 0 Å². The molecule has 1 atom stereocenters. The van der Waals surface area contributed by atoms with Crippen molar-refractivity contribution in [2.24, 2.45) is 5.92 Å². The van der Waals surface area contributed by atoms with Crippen LogP contribution in [0.15, 0.2) is 42.5 Å². The van der Waals surface area contributed by atoms with E-state index >= 15 is 0 Å². The smallest absolute Gasteiger partial charge is 0.120 e. The first-order chi connectivity index (χ1) is 15.1. The fraction of sp³-hybridized carbons (Fsp3) is 0.538. The van der Waals surface area contributed by atoms with Crippen LogP contribution < -0.4 is 4.74 Å². The zero-order valence-electron chi connectivity index (χ0n) is 18.9. The third-order valence-electron chi connectivity index (χ3n) is 6.14. The van der Waals surface area contributed by atoms with Crippen molar-refractivity contribution in [2.45, 2.75) is 26.4 Å². The van der Waals surface area contributed by atoms with Crippen LogP contribution in [0, 0.1) is 5.92 Å². The van der Waals surface area contributed by atoms with Gasteiger partial charge in [0.1, 0.15) is 18.5 Å². The highest BCUT2D eigenvalue weighted by atomic mass is 16.5. The number of hydrogen-bond donors (Lipinski definition) is 1. The number of nitrogens with zero attached hydrogens (tertiary/aromatic N) is 2. The van der Waals surface area contributed by atoms with Gasteiger partial charge >= 0.3 is 0 Å². The molecule has 0 aromatic heterocycles. The van der Waals surface area contributed by atoms with E-state index in [0.29, 0.717) is 25.7 Å². The molecule has 0 saturated carbocycles. The van der Waals surface area contributed by atoms with Crippen LogP contribution in [0.2, 0.25) is 0 Å². The summed E-state index contributed by atoms with van der Waals surface area (Å²) < 4.78 is 11.6. The summed E-state index contributed by atoms with van der Waals surface area (Å²) in [6.45, 7) is 12.3. The number of β-amino-alcohol motifs (C(OH)–C–C–N with tert-alkyl or cyclic N) is 1. The Kier molecular flexibility index (Phi) is 7.62. The minimum absolute atomic E-state index is 0.312. The summed E-state index contributed by atoms with van der Waals surface area (Å²) in [6, 6.07) is 12.6. The molecule has 1 fully saturated rings. The van der Waals surface area contributed by atoms with Crippen LogP contribution in [0.25, 0.3) is 16.3 Å². The molecule has 168 valence electrons. The van der Waals surface area contributed by atoms with Crippen molar-refractivity contribution in [1.29, 1.82) is 0 Å². The molecule has 0 spiro atoms. The molecular formula is C26H36N2O3. The van der Waals surface area contributed by atoms with Crippen LogP contribution in [0.4, 0.5) is 0 Å². The molecule has 2 aliphatic rings. The van der Waals surface area contributed by atoms with Crippen molar-refractivity contribution in [2.75, 3.05) is 59.1 Å². The van der Waals surface area contributed by atoms with Gasteiger partial charge in [-0.1, -0.05) is 44.2 Å². The Hall–Kier alpha value is -1.92. The van der Waals surface area contributed by atoms with Crippen molar-refractivity contribution in [1.82, 2.24) is 9.80 Å². The van der Waals surface area contributed by atoms with Gasteiger partial charge in [0.15, 0.2) is 0 Å². The molecule has 0 radical (unpaired) electrons. The number of aliphatic hydroxyl groups is 1. The summed E-state index contributed by atoms with van der Waals surface area (Å²) in [5, 5.41) is 13.0. The molecule has 1 saturated heterocycles. The molecule has 2 heterocycles. The molecule has 2 aliphatic heterocycles. The maximum absolute atomic E-state index is 10.6. The SMILES string of the molecule is CC(C)CN1CCN(CC(O)COc2cc(C3=CCOCC3)c3ccccc3c2)CC1. The Morgan fingerprint density at radius 1 is 1.03 bits per heavy atom. The molecule has 0 aliphatic carbocycles. The van der Waals surface area contributed by atoms with Crippen LogP contribution in [0.5, 0.6) is 5.75 Å². The maximum Gasteiger partial charge on any atom is 0.120 e. The number of aliphatic hydroxyl groups excluding tert-OH is 1. The van der Waals surface area contributed by atoms with Crippen molar-refractivity contribution in [3.05, 3.63) is 48.0 Å². The second-order valence-corrected chi connectivity index (χ2v) is 9.21. The van der Waals surface area contributed by atoms with Gasteiger partial charge in [-0.2, -0.15) is 0 Å². The van der Waals surface area contributed by atoms with Crippen LogP contribution in [-0.2, 0) is 4.74 Å². The number of hydrogen-bond acceptors (Lipinski definition) is 5. The first-order valence-corrected chi connectivity index (χ1v) is 11.6. The fourth-order valence-corrected chi connectivity index (χ4v) is 4.62. The topological polar surface area (TPSA) is 45.2 Å². The molecule has 0 bridgehead atoms. The van der Waals surface area contributed by atoms with Gasteiger partial charge in [-0.15, -0.1) is 0 Å². The Morgan fingerprint density at radius 2 is 1.77 bits per heavy atom. The van der Waals surface area contributed by atoms with Gasteiger partial charge in [0.2, 0.25) is 0 Å². The number of piperazine rings is 1. The first kappa shape index (κ1) is 22.3. The molecule has 31 heavy (non-hydrogen) atoms. The first-order valence-electron chi connectivity index (χ1n) is 11.6. The fourth-order valence-electron chi connectivity index (χ4n) is 4.62. The third kappa shape index (κ3) is 6.07. The van der Waals surface area contributed by atoms with Crippen molar-refractivity contribution in [3.63, 3.8) is 0 Å². The van der Waals surface area contributed by atoms with Gasteiger partial charge in [-0.25, -0.2) is 0 Å². The molecule has 0 amide bonds. The largest absolute Gasteiger partial charge is 0.491 e. The Bertz CT molecular complexity index is 887. The van der Waals surface area contributed by atoms with E-state index in [0.717, 1.165) is 56.9 Å². The minimum atomic E-state index is -0.492. The Labute approximate surface area is 186 Å². The summed E-state index contributed by atoms with van der Waals surface area (Å²) in [4.78, 5) is 4.87. The van der Waals surface area contributed by atoms with E-state index < -0.39 is 6.10 Å². The lowest BCUT2D eigenvalue weighted by atomic mass is 9.95. The maximum atomic E-state index is 10.6. The van der Waals surface area contributed by atoms with Crippen LogP contribution in [-0.4, -0.2) is 80.1 Å². The molecule has 5 nitrogen and oxygen atoms in total. The number of ether oxygens (including phenoxy) is 2. The standard InChI is InChI=1S/C26H36N2O3/c1-20(2)17-27-9-11-28(12-10-27)18-23(29)19-31-24-15-22-5-3-4-6-25(22)26(16-24)21-7-13-30-14-8-21/h3-7,15-16,20,23,29H,8-14,17-19H2,1-2H3. The van der Waals surface area contributed by atoms with Gasteiger partial charge in [0, 0.05) is 39.3 Å². The summed E-state index contributed by atoms with van der Waals surface area (Å²) in [7, 11) is 0. The van der Waals surface area contributed by atoms with E-state index in [4.69, 9.17) is 9.47 Å². The molecule has 2 aromatic rings. The predicted octanol–water partition coefficient (Wildman–Crippen LogP) is 3.66. The predicted molar refractivity (Wildman–Crippen MR) is 127 cm³/mol. The van der Waals surface area contributed by atoms with E-state index in [2.05, 4.69) is 66.1 Å². The lowest BCUT2D eigenvalue weighted by molar-refractivity contribution is 0.0440. The third-order valence-corrected chi connectivity index (χ3v) is 6.14. The normalized spacial score (nSPS) is 19.5. The number of benzene rings is 2. The van der Waals surface area contributed by atoms with Crippen LogP contribution >= 0.6 is 0 Å². The number of rotatable bonds is 8. The van der Waals surface area contributed by atoms with Gasteiger partial charge in [-0.05, 0) is 46.4 Å². The second-order valence-electron chi connectivity index (χ2n) is 9.21. The Balaban J connectivity index is 1.36. The highest BCUT2D eigenvalue weighted by Crippen LogP contribution is 2.32. The Morgan fingerprint density at radius 3 is 2.48 bits per heavy atom. The van der Waals surface area contributed by atoms with E-state index in [9.17, 15) is 5.11 Å². The molecule has 5 heteroatoms. The quantitative estimate of drug-likeness (QED) is 0.701. The molecule has 1 unspecified atom stereocenters. The minimum Gasteiger partial charge on any atom is -0.491 e. The summed E-state index contributed by atoms with van der Waals surface area (Å²) >= 11 is 0. The molecule has 1 N–H and O–H groups in total. The molecule has 2 aromatic carbocycles. The van der Waals surface area contributed by atoms with Gasteiger partial charge in [0.25, 0.3) is 0 Å². The highest BCUT2D eigenvalue weighted by Gasteiger charge is 2.20. The van der Waals surface area contributed by atoms with Crippen molar-refractivity contribution >= 4 is 16.3 Å². The molecule has 4 rings (SSSR count). The summed E-state index contributed by atoms with van der Waals surface area (Å²) in [5.74, 6) is 1.52. The average molecular weight is 425 g/mol. The zero-order chi connectivity index (χ0) is 21.6. The van der Waals surface area contributed by atoms with Crippen molar-refractivity contribution in [3.8, 4) is 5.75 Å². The average Bonchev–Trinajstić information content (AvgIpc) is 2.79. The van der Waals surface area contributed by atoms with Crippen molar-refractivity contribution < 1.29 is 14.6 Å². The lowest BCUT2D eigenvalue weighted by Gasteiger charge is -2.36. The van der Waals surface area contributed by atoms with Crippen LogP contribution in [0.1, 0.15) is 25.8 Å². The van der Waals surface area contributed by atoms with E-state index in [-0.39, 0.29) is 0 Å². The molecular weight excluding hydrogens is 388 g/mol. The van der Waals surface area contributed by atoms with Crippen LogP contribution in [0.3, 0.4) is 0 Å². The highest BCUT2D eigenvalue weighted by molar-refractivity contribution is 5.95.